The third-order valence-electron chi connectivity index (χ3n) is 4.36. The van der Waals surface area contributed by atoms with Gasteiger partial charge in [0.2, 0.25) is 5.91 Å². The van der Waals surface area contributed by atoms with Crippen molar-refractivity contribution in [1.82, 2.24) is 4.90 Å². The number of fused-ring (bicyclic) bond motifs is 1. The molecule has 1 atom stereocenters. The molecule has 0 aromatic heterocycles. The molecule has 0 radical (unpaired) electrons. The number of hydrogen-bond acceptors (Lipinski definition) is 3. The summed E-state index contributed by atoms with van der Waals surface area (Å²) < 4.78 is 0. The van der Waals surface area contributed by atoms with E-state index in [1.807, 2.05) is 11.0 Å². The molecule has 0 bridgehead atoms. The lowest BCUT2D eigenvalue weighted by Crippen LogP contribution is -2.28. The Labute approximate surface area is 142 Å². The van der Waals surface area contributed by atoms with Crippen LogP contribution in [0.15, 0.2) is 53.4 Å². The number of carbonyl (C=O) groups is 1. The molecular weight excluding hydrogens is 304 g/mol. The van der Waals surface area contributed by atoms with Crippen LogP contribution in [0.3, 0.4) is 0 Å². The molecule has 2 aromatic rings. The van der Waals surface area contributed by atoms with E-state index in [4.69, 9.17) is 0 Å². The van der Waals surface area contributed by atoms with Crippen LogP contribution in [0, 0.1) is 0 Å². The first kappa shape index (κ1) is 15.9. The molecule has 1 N–H and O–H groups in total. The molecule has 1 unspecified atom stereocenters. The van der Waals surface area contributed by atoms with Crippen LogP contribution in [0.2, 0.25) is 0 Å². The van der Waals surface area contributed by atoms with Gasteiger partial charge < -0.3 is 10.2 Å². The van der Waals surface area contributed by atoms with Crippen LogP contribution in [0.4, 0.5) is 5.69 Å². The van der Waals surface area contributed by atoms with Gasteiger partial charge in [0.1, 0.15) is 0 Å². The summed E-state index contributed by atoms with van der Waals surface area (Å²) in [5.74, 6) is 0.143. The number of anilines is 1. The maximum Gasteiger partial charge on any atom is 0.219 e. The van der Waals surface area contributed by atoms with Crippen molar-refractivity contribution in [2.75, 3.05) is 18.1 Å². The minimum Gasteiger partial charge on any atom is -0.378 e. The van der Waals surface area contributed by atoms with Crippen LogP contribution in [-0.2, 0) is 11.3 Å². The van der Waals surface area contributed by atoms with Crippen molar-refractivity contribution in [1.29, 1.82) is 0 Å². The molecular formula is C19H22N2OS. The molecule has 1 aliphatic heterocycles. The number of carbonyl (C=O) groups excluding carboxylic acids is 1. The number of hydrogen-bond donors (Lipinski definition) is 1. The normalized spacial score (nSPS) is 17.3. The van der Waals surface area contributed by atoms with Crippen LogP contribution in [0.5, 0.6) is 0 Å². The van der Waals surface area contributed by atoms with Gasteiger partial charge in [0.15, 0.2) is 0 Å². The molecule has 0 saturated heterocycles. The number of benzene rings is 2. The van der Waals surface area contributed by atoms with Crippen LogP contribution < -0.4 is 5.32 Å². The summed E-state index contributed by atoms with van der Waals surface area (Å²) in [6.07, 6.45) is 3.00. The zero-order valence-electron chi connectivity index (χ0n) is 13.6. The molecule has 0 spiro atoms. The van der Waals surface area contributed by atoms with Crippen LogP contribution >= 0.6 is 11.8 Å². The maximum atomic E-state index is 11.8. The molecule has 0 saturated carbocycles. The third kappa shape index (κ3) is 3.70. The van der Waals surface area contributed by atoms with Gasteiger partial charge in [-0.3, -0.25) is 4.79 Å². The smallest absolute Gasteiger partial charge is 0.219 e. The van der Waals surface area contributed by atoms with E-state index in [1.165, 1.54) is 16.0 Å². The highest BCUT2D eigenvalue weighted by atomic mass is 32.2. The highest BCUT2D eigenvalue weighted by Crippen LogP contribution is 2.30. The van der Waals surface area contributed by atoms with Crippen LogP contribution in [0.25, 0.3) is 0 Å². The Kier molecular flexibility index (Phi) is 4.91. The Morgan fingerprint density at radius 1 is 1.17 bits per heavy atom. The number of amides is 1. The molecule has 0 aliphatic carbocycles. The van der Waals surface area contributed by atoms with Gasteiger partial charge >= 0.3 is 0 Å². The number of nitrogens with zero attached hydrogens (tertiary/aromatic N) is 1. The van der Waals surface area contributed by atoms with E-state index < -0.39 is 0 Å². The van der Waals surface area contributed by atoms with Gasteiger partial charge in [-0.15, -0.1) is 11.8 Å². The minimum atomic E-state index is 0.143. The van der Waals surface area contributed by atoms with E-state index in [2.05, 4.69) is 54.0 Å². The molecule has 23 heavy (non-hydrogen) atoms. The summed E-state index contributed by atoms with van der Waals surface area (Å²) in [5.41, 5.74) is 3.66. The monoisotopic (exact) mass is 326 g/mol. The number of nitrogens with one attached hydrogen (secondary N) is 1. The van der Waals surface area contributed by atoms with Gasteiger partial charge in [-0.1, -0.05) is 24.3 Å². The number of rotatable bonds is 3. The first-order valence-corrected chi connectivity index (χ1v) is 9.14. The van der Waals surface area contributed by atoms with Crippen LogP contribution in [-0.4, -0.2) is 23.6 Å². The fraction of sp³-hybridized carbons (Fsp3) is 0.316. The summed E-state index contributed by atoms with van der Waals surface area (Å²) >= 11 is 1.75. The van der Waals surface area contributed by atoms with Crippen molar-refractivity contribution < 1.29 is 4.79 Å². The Balaban J connectivity index is 1.85. The first-order chi connectivity index (χ1) is 11.2. The highest BCUT2D eigenvalue weighted by Gasteiger charge is 2.23. The zero-order valence-corrected chi connectivity index (χ0v) is 14.4. The molecule has 1 amide bonds. The molecule has 120 valence electrons. The lowest BCUT2D eigenvalue weighted by atomic mass is 9.99. The molecule has 1 heterocycles. The summed E-state index contributed by atoms with van der Waals surface area (Å²) in [5, 5.41) is 3.64. The van der Waals surface area contributed by atoms with E-state index in [0.29, 0.717) is 6.54 Å². The Morgan fingerprint density at radius 3 is 2.61 bits per heavy atom. The molecule has 1 aliphatic rings. The second kappa shape index (κ2) is 7.09. The van der Waals surface area contributed by atoms with Gasteiger partial charge in [-0.05, 0) is 48.1 Å². The van der Waals surface area contributed by atoms with Crippen molar-refractivity contribution in [2.24, 2.45) is 0 Å². The molecule has 2 aromatic carbocycles. The van der Waals surface area contributed by atoms with Gasteiger partial charge in [0, 0.05) is 30.6 Å². The summed E-state index contributed by atoms with van der Waals surface area (Å²) in [6.45, 7) is 3.14. The van der Waals surface area contributed by atoms with Crippen molar-refractivity contribution in [3.05, 3.63) is 59.7 Å². The van der Waals surface area contributed by atoms with Gasteiger partial charge in [-0.25, -0.2) is 0 Å². The van der Waals surface area contributed by atoms with E-state index in [-0.39, 0.29) is 11.9 Å². The molecule has 3 nitrogen and oxygen atoms in total. The second-order valence-corrected chi connectivity index (χ2v) is 6.73. The number of thioether (sulfide) groups is 1. The summed E-state index contributed by atoms with van der Waals surface area (Å²) in [4.78, 5) is 15.0. The highest BCUT2D eigenvalue weighted by molar-refractivity contribution is 7.98. The SMILES string of the molecule is CSc1ccc(NC2CCN(C(C)=O)Cc3ccccc32)cc1. The Morgan fingerprint density at radius 2 is 1.91 bits per heavy atom. The average Bonchev–Trinajstić information content (AvgIpc) is 2.76. The second-order valence-electron chi connectivity index (χ2n) is 5.85. The largest absolute Gasteiger partial charge is 0.378 e. The van der Waals surface area contributed by atoms with Crippen molar-refractivity contribution in [3.63, 3.8) is 0 Å². The van der Waals surface area contributed by atoms with E-state index in [9.17, 15) is 4.79 Å². The minimum absolute atomic E-state index is 0.143. The fourth-order valence-electron chi connectivity index (χ4n) is 3.05. The lowest BCUT2D eigenvalue weighted by molar-refractivity contribution is -0.129. The average molecular weight is 326 g/mol. The Bertz CT molecular complexity index is 684. The van der Waals surface area contributed by atoms with E-state index in [0.717, 1.165) is 18.7 Å². The summed E-state index contributed by atoms with van der Waals surface area (Å²) in [7, 11) is 0. The van der Waals surface area contributed by atoms with Crippen LogP contribution in [0.1, 0.15) is 30.5 Å². The van der Waals surface area contributed by atoms with Crippen molar-refractivity contribution in [3.8, 4) is 0 Å². The predicted octanol–water partition coefficient (Wildman–Crippen LogP) is 4.31. The van der Waals surface area contributed by atoms with Gasteiger partial charge in [0.05, 0.1) is 6.04 Å². The zero-order chi connectivity index (χ0) is 16.2. The third-order valence-corrected chi connectivity index (χ3v) is 5.10. The predicted molar refractivity (Wildman–Crippen MR) is 96.7 cm³/mol. The van der Waals surface area contributed by atoms with Crippen molar-refractivity contribution >= 4 is 23.4 Å². The standard InChI is InChI=1S/C19H22N2OS/c1-14(22)21-12-11-19(18-6-4-3-5-15(18)13-21)20-16-7-9-17(23-2)10-8-16/h3-10,19-20H,11-13H2,1-2H3. The fourth-order valence-corrected chi connectivity index (χ4v) is 3.46. The summed E-state index contributed by atoms with van der Waals surface area (Å²) in [6, 6.07) is 17.2. The maximum absolute atomic E-state index is 11.8. The van der Waals surface area contributed by atoms with Gasteiger partial charge in [-0.2, -0.15) is 0 Å². The van der Waals surface area contributed by atoms with E-state index in [1.54, 1.807) is 18.7 Å². The van der Waals surface area contributed by atoms with E-state index >= 15 is 0 Å². The lowest BCUT2D eigenvalue weighted by Gasteiger charge is -2.20. The molecule has 4 heteroatoms. The first-order valence-electron chi connectivity index (χ1n) is 7.91. The van der Waals surface area contributed by atoms with Crippen molar-refractivity contribution in [2.45, 2.75) is 30.8 Å². The Hall–Kier alpha value is -1.94. The topological polar surface area (TPSA) is 32.3 Å². The molecule has 3 rings (SSSR count). The quantitative estimate of drug-likeness (QED) is 0.853. The van der Waals surface area contributed by atoms with Gasteiger partial charge in [0.25, 0.3) is 0 Å². The molecule has 0 fully saturated rings.